The van der Waals surface area contributed by atoms with Crippen molar-refractivity contribution in [3.63, 3.8) is 0 Å². The SMILES string of the molecule is N#CN1CCC(Cc2cnc(Oc3ccc(Oc4ccc(F)cc4F)cc3)c(C(N)=O)c2)C1. The number of primary amides is 1. The number of aromatic nitrogens is 1. The van der Waals surface area contributed by atoms with Crippen LogP contribution >= 0.6 is 0 Å². The minimum atomic E-state index is -0.816. The van der Waals surface area contributed by atoms with Crippen LogP contribution in [0.25, 0.3) is 0 Å². The van der Waals surface area contributed by atoms with Gasteiger partial charge in [0.15, 0.2) is 17.8 Å². The highest BCUT2D eigenvalue weighted by molar-refractivity contribution is 5.95. The molecule has 1 unspecified atom stereocenters. The first-order valence-electron chi connectivity index (χ1n) is 10.3. The van der Waals surface area contributed by atoms with Crippen molar-refractivity contribution < 1.29 is 23.0 Å². The number of benzene rings is 2. The normalized spacial score (nSPS) is 15.2. The maximum absolute atomic E-state index is 13.8. The first-order valence-corrected chi connectivity index (χ1v) is 10.3. The van der Waals surface area contributed by atoms with Gasteiger partial charge >= 0.3 is 0 Å². The zero-order valence-corrected chi connectivity index (χ0v) is 17.5. The zero-order valence-electron chi connectivity index (χ0n) is 17.5. The van der Waals surface area contributed by atoms with Crippen molar-refractivity contribution in [1.82, 2.24) is 9.88 Å². The summed E-state index contributed by atoms with van der Waals surface area (Å²) in [7, 11) is 0. The maximum atomic E-state index is 13.8. The molecule has 0 spiro atoms. The second-order valence-electron chi connectivity index (χ2n) is 7.72. The molecule has 1 aromatic heterocycles. The van der Waals surface area contributed by atoms with Crippen LogP contribution in [0, 0.1) is 29.0 Å². The lowest BCUT2D eigenvalue weighted by atomic mass is 9.99. The topological polar surface area (TPSA) is 101 Å². The largest absolute Gasteiger partial charge is 0.454 e. The summed E-state index contributed by atoms with van der Waals surface area (Å²) in [5.74, 6) is -1.25. The molecular weight excluding hydrogens is 430 g/mol. The molecule has 1 amide bonds. The number of carbonyl (C=O) groups is 1. The molecule has 0 aliphatic carbocycles. The number of ether oxygens (including phenoxy) is 2. The van der Waals surface area contributed by atoms with Gasteiger partial charge in [0.1, 0.15) is 22.9 Å². The lowest BCUT2D eigenvalue weighted by Crippen LogP contribution is -2.16. The third-order valence-corrected chi connectivity index (χ3v) is 5.28. The van der Waals surface area contributed by atoms with E-state index >= 15 is 0 Å². The Morgan fingerprint density at radius 2 is 1.88 bits per heavy atom. The molecule has 1 aliphatic rings. The summed E-state index contributed by atoms with van der Waals surface area (Å²) in [5.41, 5.74) is 6.52. The van der Waals surface area contributed by atoms with Crippen LogP contribution in [0.3, 0.4) is 0 Å². The van der Waals surface area contributed by atoms with Crippen molar-refractivity contribution in [2.75, 3.05) is 13.1 Å². The van der Waals surface area contributed by atoms with E-state index in [1.54, 1.807) is 29.3 Å². The van der Waals surface area contributed by atoms with E-state index in [1.807, 2.05) is 0 Å². The van der Waals surface area contributed by atoms with Gasteiger partial charge in [0.25, 0.3) is 5.91 Å². The van der Waals surface area contributed by atoms with Crippen LogP contribution in [0.2, 0.25) is 0 Å². The van der Waals surface area contributed by atoms with Crippen LogP contribution in [0.5, 0.6) is 23.1 Å². The van der Waals surface area contributed by atoms with Gasteiger partial charge in [-0.25, -0.2) is 13.8 Å². The number of nitrogens with two attached hydrogens (primary N) is 1. The predicted molar refractivity (Wildman–Crippen MR) is 115 cm³/mol. The molecule has 2 aromatic carbocycles. The van der Waals surface area contributed by atoms with Gasteiger partial charge in [0.05, 0.1) is 0 Å². The number of nitriles is 1. The summed E-state index contributed by atoms with van der Waals surface area (Å²) in [5, 5.41) is 9.00. The van der Waals surface area contributed by atoms with E-state index in [2.05, 4.69) is 11.2 Å². The Bertz CT molecular complexity index is 1210. The quantitative estimate of drug-likeness (QED) is 0.536. The average Bonchev–Trinajstić information content (AvgIpc) is 3.25. The minimum absolute atomic E-state index is 0.0644. The maximum Gasteiger partial charge on any atom is 0.254 e. The average molecular weight is 450 g/mol. The monoisotopic (exact) mass is 450 g/mol. The first-order chi connectivity index (χ1) is 15.9. The van der Waals surface area contributed by atoms with E-state index in [9.17, 15) is 13.6 Å². The molecule has 1 aliphatic heterocycles. The van der Waals surface area contributed by atoms with Gasteiger partial charge in [0.2, 0.25) is 5.88 Å². The number of rotatable bonds is 7. The lowest BCUT2D eigenvalue weighted by Gasteiger charge is -2.13. The van der Waals surface area contributed by atoms with E-state index in [0.29, 0.717) is 30.4 Å². The van der Waals surface area contributed by atoms with Gasteiger partial charge in [-0.2, -0.15) is 5.26 Å². The number of pyridine rings is 1. The molecule has 0 saturated carbocycles. The second kappa shape index (κ2) is 9.53. The van der Waals surface area contributed by atoms with Crippen molar-refractivity contribution >= 4 is 5.91 Å². The van der Waals surface area contributed by atoms with Crippen molar-refractivity contribution in [1.29, 1.82) is 5.26 Å². The third kappa shape index (κ3) is 5.36. The molecule has 9 heteroatoms. The molecule has 1 fully saturated rings. The number of hydrogen-bond acceptors (Lipinski definition) is 6. The third-order valence-electron chi connectivity index (χ3n) is 5.28. The molecule has 0 radical (unpaired) electrons. The van der Waals surface area contributed by atoms with Crippen LogP contribution in [0.15, 0.2) is 54.7 Å². The highest BCUT2D eigenvalue weighted by Crippen LogP contribution is 2.30. The highest BCUT2D eigenvalue weighted by atomic mass is 19.1. The number of carbonyl (C=O) groups excluding carboxylic acids is 1. The smallest absolute Gasteiger partial charge is 0.254 e. The Kier molecular flexibility index (Phi) is 6.36. The molecule has 3 aromatic rings. The standard InChI is InChI=1S/C24H20F2N4O3/c25-17-1-6-22(21(26)11-17)32-18-2-4-19(5-3-18)33-24-20(23(28)31)10-16(12-29-24)9-15-7-8-30(13-15)14-27/h1-6,10-12,15H,7-9,13H2,(H2,28,31). The van der Waals surface area contributed by atoms with Crippen molar-refractivity contribution in [2.45, 2.75) is 12.8 Å². The summed E-state index contributed by atoms with van der Waals surface area (Å²) in [6, 6.07) is 10.9. The van der Waals surface area contributed by atoms with Crippen LogP contribution < -0.4 is 15.2 Å². The number of amides is 1. The van der Waals surface area contributed by atoms with Crippen molar-refractivity contribution in [3.05, 3.63) is 77.5 Å². The van der Waals surface area contributed by atoms with Gasteiger partial charge in [0, 0.05) is 25.4 Å². The number of likely N-dealkylation sites (tertiary alicyclic amines) is 1. The van der Waals surface area contributed by atoms with Crippen LogP contribution in [-0.4, -0.2) is 28.9 Å². The van der Waals surface area contributed by atoms with Crippen LogP contribution in [0.1, 0.15) is 22.3 Å². The molecule has 2 N–H and O–H groups in total. The predicted octanol–water partition coefficient (Wildman–Crippen LogP) is 4.39. The fourth-order valence-corrected chi connectivity index (χ4v) is 3.66. The zero-order chi connectivity index (χ0) is 23.4. The summed E-state index contributed by atoms with van der Waals surface area (Å²) in [6.07, 6.45) is 5.35. The molecule has 4 rings (SSSR count). The second-order valence-corrected chi connectivity index (χ2v) is 7.72. The Balaban J connectivity index is 1.45. The van der Waals surface area contributed by atoms with E-state index in [1.165, 1.54) is 18.2 Å². The summed E-state index contributed by atoms with van der Waals surface area (Å²) < 4.78 is 37.9. The first kappa shape index (κ1) is 22.0. The molecule has 1 saturated heterocycles. The Morgan fingerprint density at radius 1 is 1.15 bits per heavy atom. The fraction of sp³-hybridized carbons (Fsp3) is 0.208. The Morgan fingerprint density at radius 3 is 2.52 bits per heavy atom. The van der Waals surface area contributed by atoms with E-state index in [0.717, 1.165) is 30.7 Å². The summed E-state index contributed by atoms with van der Waals surface area (Å²) in [6.45, 7) is 1.41. The van der Waals surface area contributed by atoms with Gasteiger partial charge in [-0.05, 0) is 66.8 Å². The molecular formula is C24H20F2N4O3. The Labute approximate surface area is 189 Å². The molecule has 33 heavy (non-hydrogen) atoms. The highest BCUT2D eigenvalue weighted by Gasteiger charge is 2.23. The fourth-order valence-electron chi connectivity index (χ4n) is 3.66. The molecule has 1 atom stereocenters. The van der Waals surface area contributed by atoms with E-state index < -0.39 is 17.5 Å². The van der Waals surface area contributed by atoms with Crippen LogP contribution in [0.4, 0.5) is 8.78 Å². The van der Waals surface area contributed by atoms with Gasteiger partial charge in [-0.1, -0.05) is 0 Å². The summed E-state index contributed by atoms with van der Waals surface area (Å²) >= 11 is 0. The number of nitrogens with zero attached hydrogens (tertiary/aromatic N) is 3. The molecule has 0 bridgehead atoms. The summed E-state index contributed by atoms with van der Waals surface area (Å²) in [4.78, 5) is 18.0. The van der Waals surface area contributed by atoms with E-state index in [-0.39, 0.29) is 17.2 Å². The number of hydrogen-bond donors (Lipinski definition) is 1. The van der Waals surface area contributed by atoms with Crippen molar-refractivity contribution in [2.24, 2.45) is 11.7 Å². The van der Waals surface area contributed by atoms with E-state index in [4.69, 9.17) is 20.5 Å². The van der Waals surface area contributed by atoms with Crippen molar-refractivity contribution in [3.8, 4) is 29.3 Å². The number of halogens is 2. The molecule has 168 valence electrons. The molecule has 2 heterocycles. The Hall–Kier alpha value is -4.19. The minimum Gasteiger partial charge on any atom is -0.454 e. The van der Waals surface area contributed by atoms with Gasteiger partial charge in [-0.15, -0.1) is 0 Å². The van der Waals surface area contributed by atoms with Gasteiger partial charge in [-0.3, -0.25) is 4.79 Å². The van der Waals surface area contributed by atoms with Gasteiger partial charge < -0.3 is 20.1 Å². The lowest BCUT2D eigenvalue weighted by molar-refractivity contribution is 0.0997. The van der Waals surface area contributed by atoms with Crippen LogP contribution in [-0.2, 0) is 6.42 Å². The molecule has 7 nitrogen and oxygen atoms in total.